The molecule has 0 spiro atoms. The second kappa shape index (κ2) is 5.85. The van der Waals surface area contributed by atoms with E-state index in [9.17, 15) is 9.18 Å². The number of carbonyl (C=O) groups excluding carboxylic acids is 1. The molecule has 1 unspecified atom stereocenters. The summed E-state index contributed by atoms with van der Waals surface area (Å²) in [7, 11) is 0. The van der Waals surface area contributed by atoms with Crippen molar-refractivity contribution in [3.63, 3.8) is 0 Å². The lowest BCUT2D eigenvalue weighted by atomic mass is 10.0. The summed E-state index contributed by atoms with van der Waals surface area (Å²) in [6.07, 6.45) is 0.191. The van der Waals surface area contributed by atoms with Crippen molar-refractivity contribution in [3.8, 4) is 11.5 Å². The molecule has 1 aliphatic heterocycles. The molecule has 0 fully saturated rings. The van der Waals surface area contributed by atoms with Crippen molar-refractivity contribution in [2.24, 2.45) is 0 Å². The molecular weight excluding hydrogens is 339 g/mol. The zero-order valence-electron chi connectivity index (χ0n) is 11.0. The van der Waals surface area contributed by atoms with Gasteiger partial charge in [0.05, 0.1) is 12.0 Å². The van der Waals surface area contributed by atoms with Crippen LogP contribution in [0.3, 0.4) is 0 Å². The van der Waals surface area contributed by atoms with Crippen molar-refractivity contribution in [2.75, 3.05) is 0 Å². The number of ether oxygens (including phenoxy) is 2. The standard InChI is InChI=1S/C16H12BrFO3/c17-16-7-13(19)11-6-12(18)15(8-14(11)21-16)20-9-10-4-2-1-3-5-10/h1-6,8,16H,7,9H2. The molecule has 5 heteroatoms. The minimum Gasteiger partial charge on any atom is -0.486 e. The summed E-state index contributed by atoms with van der Waals surface area (Å²) >= 11 is 3.24. The lowest BCUT2D eigenvalue weighted by Gasteiger charge is -2.21. The number of ketones is 1. The highest BCUT2D eigenvalue weighted by molar-refractivity contribution is 9.09. The SMILES string of the molecule is O=C1CC(Br)Oc2cc(OCc3ccccc3)c(F)cc21. The first-order valence-corrected chi connectivity index (χ1v) is 7.39. The van der Waals surface area contributed by atoms with E-state index in [2.05, 4.69) is 15.9 Å². The Balaban J connectivity index is 1.83. The van der Waals surface area contributed by atoms with Gasteiger partial charge in [0.2, 0.25) is 0 Å². The molecule has 1 aliphatic rings. The maximum Gasteiger partial charge on any atom is 0.171 e. The van der Waals surface area contributed by atoms with E-state index in [1.54, 1.807) is 0 Å². The van der Waals surface area contributed by atoms with Gasteiger partial charge in [0, 0.05) is 6.07 Å². The monoisotopic (exact) mass is 350 g/mol. The number of halogens is 2. The maximum absolute atomic E-state index is 14.0. The average Bonchev–Trinajstić information content (AvgIpc) is 2.47. The molecule has 0 saturated heterocycles. The van der Waals surface area contributed by atoms with E-state index in [0.717, 1.165) is 5.56 Å². The number of carbonyl (C=O) groups is 1. The maximum atomic E-state index is 14.0. The first-order valence-electron chi connectivity index (χ1n) is 6.47. The molecule has 1 heterocycles. The molecular formula is C16H12BrFO3. The third-order valence-electron chi connectivity index (χ3n) is 3.17. The second-order valence-corrected chi connectivity index (χ2v) is 5.73. The summed E-state index contributed by atoms with van der Waals surface area (Å²) in [4.78, 5) is 11.8. The van der Waals surface area contributed by atoms with E-state index in [4.69, 9.17) is 9.47 Å². The summed E-state index contributed by atoms with van der Waals surface area (Å²) in [6.45, 7) is 0.252. The molecule has 0 radical (unpaired) electrons. The van der Waals surface area contributed by atoms with Crippen LogP contribution in [0.5, 0.6) is 11.5 Å². The molecule has 3 rings (SSSR count). The molecule has 0 aliphatic carbocycles. The summed E-state index contributed by atoms with van der Waals surface area (Å²) in [5.41, 5.74) is 1.19. The van der Waals surface area contributed by atoms with E-state index in [0.29, 0.717) is 5.75 Å². The number of hydrogen-bond donors (Lipinski definition) is 0. The van der Waals surface area contributed by atoms with Crippen molar-refractivity contribution in [2.45, 2.75) is 18.0 Å². The van der Waals surface area contributed by atoms with Crippen LogP contribution in [-0.2, 0) is 6.61 Å². The predicted molar refractivity (Wildman–Crippen MR) is 79.5 cm³/mol. The molecule has 0 amide bonds. The Bertz CT molecular complexity index is 673. The van der Waals surface area contributed by atoms with Gasteiger partial charge in [-0.1, -0.05) is 30.3 Å². The van der Waals surface area contributed by atoms with Gasteiger partial charge >= 0.3 is 0 Å². The van der Waals surface area contributed by atoms with Crippen LogP contribution < -0.4 is 9.47 Å². The quantitative estimate of drug-likeness (QED) is 0.782. The van der Waals surface area contributed by atoms with Gasteiger partial charge in [0.1, 0.15) is 12.4 Å². The number of benzene rings is 2. The van der Waals surface area contributed by atoms with Gasteiger partial charge in [-0.25, -0.2) is 4.39 Å². The van der Waals surface area contributed by atoms with Crippen LogP contribution in [0.1, 0.15) is 22.3 Å². The summed E-state index contributed by atoms with van der Waals surface area (Å²) in [5, 5.41) is -0.384. The summed E-state index contributed by atoms with van der Waals surface area (Å²) in [5.74, 6) is -0.286. The molecule has 3 nitrogen and oxygen atoms in total. The first-order chi connectivity index (χ1) is 10.1. The van der Waals surface area contributed by atoms with E-state index in [1.165, 1.54) is 12.1 Å². The topological polar surface area (TPSA) is 35.5 Å². The number of rotatable bonds is 3. The first kappa shape index (κ1) is 14.1. The molecule has 108 valence electrons. The zero-order chi connectivity index (χ0) is 14.8. The Morgan fingerprint density at radius 1 is 1.29 bits per heavy atom. The largest absolute Gasteiger partial charge is 0.486 e. The van der Waals surface area contributed by atoms with E-state index in [-0.39, 0.29) is 35.1 Å². The Hall–Kier alpha value is -1.88. The Morgan fingerprint density at radius 3 is 2.81 bits per heavy atom. The molecule has 21 heavy (non-hydrogen) atoms. The summed E-state index contributed by atoms with van der Waals surface area (Å²) in [6, 6.07) is 12.1. The third-order valence-corrected chi connectivity index (χ3v) is 3.68. The molecule has 0 bridgehead atoms. The van der Waals surface area contributed by atoms with Crippen LogP contribution in [0.2, 0.25) is 0 Å². The highest BCUT2D eigenvalue weighted by atomic mass is 79.9. The van der Waals surface area contributed by atoms with Gasteiger partial charge in [0.25, 0.3) is 0 Å². The highest BCUT2D eigenvalue weighted by Gasteiger charge is 2.26. The lowest BCUT2D eigenvalue weighted by Crippen LogP contribution is -2.22. The third kappa shape index (κ3) is 3.08. The van der Waals surface area contributed by atoms with Gasteiger partial charge in [-0.2, -0.15) is 0 Å². The van der Waals surface area contributed by atoms with Gasteiger partial charge in [0.15, 0.2) is 22.4 Å². The lowest BCUT2D eigenvalue weighted by molar-refractivity contribution is 0.0919. The Labute approximate surface area is 129 Å². The van der Waals surface area contributed by atoms with Crippen LogP contribution in [0.4, 0.5) is 4.39 Å². The smallest absolute Gasteiger partial charge is 0.171 e. The second-order valence-electron chi connectivity index (χ2n) is 4.71. The van der Waals surface area contributed by atoms with Crippen molar-refractivity contribution < 1.29 is 18.7 Å². The predicted octanol–water partition coefficient (Wildman–Crippen LogP) is 4.09. The molecule has 2 aromatic carbocycles. The van der Waals surface area contributed by atoms with Crippen LogP contribution in [0, 0.1) is 5.82 Å². The van der Waals surface area contributed by atoms with Gasteiger partial charge in [-0.05, 0) is 27.6 Å². The number of hydrogen-bond acceptors (Lipinski definition) is 3. The van der Waals surface area contributed by atoms with Crippen molar-refractivity contribution in [1.82, 2.24) is 0 Å². The fourth-order valence-corrected chi connectivity index (χ4v) is 2.63. The minimum absolute atomic E-state index is 0.0759. The number of alkyl halides is 1. The highest BCUT2D eigenvalue weighted by Crippen LogP contribution is 2.35. The van der Waals surface area contributed by atoms with E-state index < -0.39 is 5.82 Å². The fraction of sp³-hybridized carbons (Fsp3) is 0.188. The molecule has 0 saturated carbocycles. The van der Waals surface area contributed by atoms with Crippen molar-refractivity contribution in [1.29, 1.82) is 0 Å². The Morgan fingerprint density at radius 2 is 2.05 bits per heavy atom. The van der Waals surface area contributed by atoms with Crippen molar-refractivity contribution in [3.05, 3.63) is 59.4 Å². The fourth-order valence-electron chi connectivity index (χ4n) is 2.13. The Kier molecular flexibility index (Phi) is 3.92. The molecule has 0 N–H and O–H groups in total. The number of Topliss-reactive ketones (excluding diaryl/α,β-unsaturated/α-hetero) is 1. The van der Waals surface area contributed by atoms with Gasteiger partial charge in [-0.3, -0.25) is 4.79 Å². The van der Waals surface area contributed by atoms with Crippen LogP contribution in [0.25, 0.3) is 0 Å². The van der Waals surface area contributed by atoms with Crippen molar-refractivity contribution >= 4 is 21.7 Å². The molecule has 1 atom stereocenters. The van der Waals surface area contributed by atoms with Crippen LogP contribution in [0.15, 0.2) is 42.5 Å². The van der Waals surface area contributed by atoms with Crippen LogP contribution in [-0.4, -0.2) is 10.8 Å². The minimum atomic E-state index is -0.561. The van der Waals surface area contributed by atoms with Crippen LogP contribution >= 0.6 is 15.9 Å². The molecule has 2 aromatic rings. The van der Waals surface area contributed by atoms with Gasteiger partial charge < -0.3 is 9.47 Å². The molecule has 0 aromatic heterocycles. The normalized spacial score (nSPS) is 17.0. The van der Waals surface area contributed by atoms with E-state index in [1.807, 2.05) is 30.3 Å². The zero-order valence-corrected chi connectivity index (χ0v) is 12.6. The van der Waals surface area contributed by atoms with Gasteiger partial charge in [-0.15, -0.1) is 0 Å². The summed E-state index contributed by atoms with van der Waals surface area (Å²) < 4.78 is 25.0. The average molecular weight is 351 g/mol. The van der Waals surface area contributed by atoms with E-state index >= 15 is 0 Å². The number of fused-ring (bicyclic) bond motifs is 1.